The Bertz CT molecular complexity index is 866. The molecule has 0 aliphatic heterocycles. The zero-order valence-corrected chi connectivity index (χ0v) is 16.2. The Morgan fingerprint density at radius 1 is 1.14 bits per heavy atom. The highest BCUT2D eigenvalue weighted by molar-refractivity contribution is 5.96. The average molecular weight is 391 g/mol. The summed E-state index contributed by atoms with van der Waals surface area (Å²) < 4.78 is 32.1. The molecule has 0 unspecified atom stereocenters. The molecular formula is C20H23F2N3O3. The molecule has 0 bridgehead atoms. The van der Waals surface area contributed by atoms with Crippen molar-refractivity contribution in [3.05, 3.63) is 59.4 Å². The molecule has 0 saturated carbocycles. The van der Waals surface area contributed by atoms with E-state index in [1.807, 2.05) is 0 Å². The van der Waals surface area contributed by atoms with Crippen LogP contribution < -0.4 is 10.6 Å². The number of amides is 2. The number of carbonyl (C=O) groups is 2. The van der Waals surface area contributed by atoms with Gasteiger partial charge in [-0.05, 0) is 63.1 Å². The lowest BCUT2D eigenvalue weighted by atomic mass is 10.0. The Morgan fingerprint density at radius 2 is 1.86 bits per heavy atom. The maximum absolute atomic E-state index is 13.7. The summed E-state index contributed by atoms with van der Waals surface area (Å²) in [6.45, 7) is 6.63. The monoisotopic (exact) mass is 391 g/mol. The van der Waals surface area contributed by atoms with Crippen LogP contribution in [0.1, 0.15) is 38.8 Å². The van der Waals surface area contributed by atoms with E-state index in [9.17, 15) is 18.4 Å². The van der Waals surface area contributed by atoms with Crippen LogP contribution in [-0.2, 0) is 16.0 Å². The number of hydrogen-bond acceptors (Lipinski definition) is 4. The zero-order chi connectivity index (χ0) is 20.9. The highest BCUT2D eigenvalue weighted by Crippen LogP contribution is 2.21. The van der Waals surface area contributed by atoms with Gasteiger partial charge in [-0.3, -0.25) is 9.78 Å². The molecule has 6 nitrogen and oxygen atoms in total. The summed E-state index contributed by atoms with van der Waals surface area (Å²) in [7, 11) is 0. The van der Waals surface area contributed by atoms with Crippen LogP contribution in [0.25, 0.3) is 0 Å². The van der Waals surface area contributed by atoms with Crippen LogP contribution in [0.3, 0.4) is 0 Å². The molecule has 0 aliphatic rings. The summed E-state index contributed by atoms with van der Waals surface area (Å²) in [6, 6.07) is 4.27. The van der Waals surface area contributed by atoms with Crippen molar-refractivity contribution < 1.29 is 23.1 Å². The number of carbonyl (C=O) groups excluding carboxylic acids is 2. The summed E-state index contributed by atoms with van der Waals surface area (Å²) in [5.41, 5.74) is 0.642. The van der Waals surface area contributed by atoms with Gasteiger partial charge in [0.15, 0.2) is 0 Å². The van der Waals surface area contributed by atoms with Crippen molar-refractivity contribution in [2.24, 2.45) is 0 Å². The molecule has 8 heteroatoms. The van der Waals surface area contributed by atoms with Crippen molar-refractivity contribution in [1.82, 2.24) is 10.3 Å². The van der Waals surface area contributed by atoms with Gasteiger partial charge in [0.1, 0.15) is 23.3 Å². The second-order valence-electron chi connectivity index (χ2n) is 7.35. The van der Waals surface area contributed by atoms with E-state index in [1.165, 1.54) is 37.4 Å². The minimum atomic E-state index is -0.886. The smallest absolute Gasteiger partial charge is 0.408 e. The number of anilines is 1. The molecule has 150 valence electrons. The Kier molecular flexibility index (Phi) is 6.66. The molecule has 0 saturated heterocycles. The second kappa shape index (κ2) is 8.77. The van der Waals surface area contributed by atoms with Gasteiger partial charge in [-0.2, -0.15) is 0 Å². The lowest BCUT2D eigenvalue weighted by Gasteiger charge is -2.22. The van der Waals surface area contributed by atoms with Crippen LogP contribution in [0.2, 0.25) is 0 Å². The van der Waals surface area contributed by atoms with Crippen molar-refractivity contribution in [1.29, 1.82) is 0 Å². The fraction of sp³-hybridized carbons (Fsp3) is 0.350. The molecule has 1 aromatic carbocycles. The maximum Gasteiger partial charge on any atom is 0.408 e. The first kappa shape index (κ1) is 21.3. The zero-order valence-electron chi connectivity index (χ0n) is 16.2. The van der Waals surface area contributed by atoms with E-state index < -0.39 is 35.3 Å². The normalized spacial score (nSPS) is 12.2. The summed E-state index contributed by atoms with van der Waals surface area (Å²) in [5, 5.41) is 5.09. The van der Waals surface area contributed by atoms with Crippen LogP contribution in [0.5, 0.6) is 0 Å². The standard InChI is InChI=1S/C20H23F2N3O3/c1-12(24-19(27)28-20(2,3)4)18(26)25-17-6-5-15(21)9-14(17)7-13-8-16(22)11-23-10-13/h5-6,8-12H,7H2,1-4H3,(H,24,27)(H,25,26)/t12-/m0/s1. The SMILES string of the molecule is C[C@H](NC(=O)OC(C)(C)C)C(=O)Nc1ccc(F)cc1Cc1cncc(F)c1. The summed E-state index contributed by atoms with van der Waals surface area (Å²) in [6.07, 6.45) is 1.99. The number of hydrogen-bond donors (Lipinski definition) is 2. The molecule has 0 radical (unpaired) electrons. The van der Waals surface area contributed by atoms with Gasteiger partial charge in [0.05, 0.1) is 6.20 Å². The molecule has 1 atom stereocenters. The molecule has 0 fully saturated rings. The molecule has 2 N–H and O–H groups in total. The first-order chi connectivity index (χ1) is 13.0. The Morgan fingerprint density at radius 3 is 2.50 bits per heavy atom. The first-order valence-corrected chi connectivity index (χ1v) is 8.72. The Balaban J connectivity index is 2.10. The predicted molar refractivity (Wildman–Crippen MR) is 101 cm³/mol. The third-order valence-electron chi connectivity index (χ3n) is 3.61. The second-order valence-corrected chi connectivity index (χ2v) is 7.35. The fourth-order valence-corrected chi connectivity index (χ4v) is 2.39. The molecule has 28 heavy (non-hydrogen) atoms. The van der Waals surface area contributed by atoms with E-state index in [0.29, 0.717) is 16.8 Å². The maximum atomic E-state index is 13.7. The number of ether oxygens (including phenoxy) is 1. The molecule has 1 heterocycles. The van der Waals surface area contributed by atoms with Crippen LogP contribution in [0.15, 0.2) is 36.7 Å². The van der Waals surface area contributed by atoms with E-state index in [4.69, 9.17) is 4.74 Å². The number of aromatic nitrogens is 1. The third kappa shape index (κ3) is 6.61. The molecule has 1 aromatic heterocycles. The number of benzene rings is 1. The number of halogens is 2. The largest absolute Gasteiger partial charge is 0.444 e. The van der Waals surface area contributed by atoms with Crippen molar-refractivity contribution in [3.8, 4) is 0 Å². The van der Waals surface area contributed by atoms with Crippen LogP contribution in [0, 0.1) is 11.6 Å². The van der Waals surface area contributed by atoms with Gasteiger partial charge in [-0.25, -0.2) is 13.6 Å². The number of rotatable bonds is 5. The van der Waals surface area contributed by atoms with Gasteiger partial charge < -0.3 is 15.4 Å². The van der Waals surface area contributed by atoms with Gasteiger partial charge in [-0.1, -0.05) is 0 Å². The van der Waals surface area contributed by atoms with Gasteiger partial charge in [0.2, 0.25) is 5.91 Å². The molecule has 0 spiro atoms. The molecule has 0 aliphatic carbocycles. The number of alkyl carbamates (subject to hydrolysis) is 1. The Labute approximate surface area is 162 Å². The molecule has 2 aromatic rings. The van der Waals surface area contributed by atoms with Crippen molar-refractivity contribution in [3.63, 3.8) is 0 Å². The predicted octanol–water partition coefficient (Wildman–Crippen LogP) is 3.80. The van der Waals surface area contributed by atoms with Crippen molar-refractivity contribution >= 4 is 17.7 Å². The molecular weight excluding hydrogens is 368 g/mol. The minimum absolute atomic E-state index is 0.173. The van der Waals surface area contributed by atoms with Gasteiger partial charge in [0, 0.05) is 18.3 Å². The molecule has 2 rings (SSSR count). The lowest BCUT2D eigenvalue weighted by molar-refractivity contribution is -0.117. The average Bonchev–Trinajstić information content (AvgIpc) is 2.55. The van der Waals surface area contributed by atoms with E-state index in [1.54, 1.807) is 20.8 Å². The van der Waals surface area contributed by atoms with E-state index >= 15 is 0 Å². The van der Waals surface area contributed by atoms with Crippen molar-refractivity contribution in [2.75, 3.05) is 5.32 Å². The topological polar surface area (TPSA) is 80.3 Å². The summed E-state index contributed by atoms with van der Waals surface area (Å²) in [4.78, 5) is 28.0. The number of pyridine rings is 1. The lowest BCUT2D eigenvalue weighted by Crippen LogP contribution is -2.44. The van der Waals surface area contributed by atoms with Gasteiger partial charge in [-0.15, -0.1) is 0 Å². The van der Waals surface area contributed by atoms with Crippen LogP contribution in [-0.4, -0.2) is 28.6 Å². The van der Waals surface area contributed by atoms with E-state index in [0.717, 1.165) is 6.20 Å². The highest BCUT2D eigenvalue weighted by atomic mass is 19.1. The van der Waals surface area contributed by atoms with E-state index in [2.05, 4.69) is 15.6 Å². The summed E-state index contributed by atoms with van der Waals surface area (Å²) in [5.74, 6) is -1.50. The first-order valence-electron chi connectivity index (χ1n) is 8.72. The van der Waals surface area contributed by atoms with Crippen molar-refractivity contribution in [2.45, 2.75) is 45.8 Å². The van der Waals surface area contributed by atoms with Crippen LogP contribution >= 0.6 is 0 Å². The number of nitrogens with zero attached hydrogens (tertiary/aromatic N) is 1. The quantitative estimate of drug-likeness (QED) is 0.812. The minimum Gasteiger partial charge on any atom is -0.444 e. The van der Waals surface area contributed by atoms with Gasteiger partial charge in [0.25, 0.3) is 0 Å². The van der Waals surface area contributed by atoms with Crippen LogP contribution in [0.4, 0.5) is 19.3 Å². The Hall–Kier alpha value is -3.03. The van der Waals surface area contributed by atoms with E-state index in [-0.39, 0.29) is 6.42 Å². The van der Waals surface area contributed by atoms with Gasteiger partial charge >= 0.3 is 6.09 Å². The third-order valence-corrected chi connectivity index (χ3v) is 3.61. The highest BCUT2D eigenvalue weighted by Gasteiger charge is 2.21. The summed E-state index contributed by atoms with van der Waals surface area (Å²) >= 11 is 0. The number of nitrogens with one attached hydrogen (secondary N) is 2. The fourth-order valence-electron chi connectivity index (χ4n) is 2.39. The molecule has 2 amide bonds.